The maximum absolute atomic E-state index is 7.55. The van der Waals surface area contributed by atoms with Gasteiger partial charge in [0.05, 0.1) is 28.6 Å². The Balaban J connectivity index is 1.20. The molecule has 0 aliphatic heterocycles. The SMILES string of the molecule is [C-]#[N+]c1ccc2c(c1)c1ccccc1n2-c1cccc(-c2ccccc2-c2cccc(-n3c4ccccc4c4ccccc43)c2)c1. The normalized spacial score (nSPS) is 11.5. The Hall–Kier alpha value is -6.37. The smallest absolute Gasteiger partial charge is 0.188 e. The van der Waals surface area contributed by atoms with Crippen molar-refractivity contribution in [2.45, 2.75) is 0 Å². The lowest BCUT2D eigenvalue weighted by Crippen LogP contribution is -1.96. The number of hydrogen-bond donors (Lipinski definition) is 0. The molecule has 0 amide bonds. The van der Waals surface area contributed by atoms with Crippen molar-refractivity contribution in [2.75, 3.05) is 0 Å². The van der Waals surface area contributed by atoms with Crippen molar-refractivity contribution in [3.8, 4) is 33.6 Å². The minimum absolute atomic E-state index is 0.654. The van der Waals surface area contributed by atoms with Crippen molar-refractivity contribution >= 4 is 49.3 Å². The van der Waals surface area contributed by atoms with Gasteiger partial charge in [-0.25, -0.2) is 4.85 Å². The predicted molar refractivity (Wildman–Crippen MR) is 192 cm³/mol. The molecule has 0 bridgehead atoms. The Morgan fingerprint density at radius 2 is 0.804 bits per heavy atom. The molecule has 0 aliphatic carbocycles. The van der Waals surface area contributed by atoms with Crippen LogP contribution in [0.2, 0.25) is 0 Å². The van der Waals surface area contributed by atoms with E-state index in [2.05, 4.69) is 166 Å². The van der Waals surface area contributed by atoms with Crippen LogP contribution in [-0.2, 0) is 0 Å². The second-order valence-corrected chi connectivity index (χ2v) is 11.7. The Labute approximate surface area is 266 Å². The number of para-hydroxylation sites is 3. The lowest BCUT2D eigenvalue weighted by Gasteiger charge is -2.15. The van der Waals surface area contributed by atoms with E-state index >= 15 is 0 Å². The van der Waals surface area contributed by atoms with E-state index in [0.717, 1.165) is 38.7 Å². The monoisotopic (exact) mass is 585 g/mol. The highest BCUT2D eigenvalue weighted by atomic mass is 15.0. The van der Waals surface area contributed by atoms with Crippen LogP contribution < -0.4 is 0 Å². The zero-order chi connectivity index (χ0) is 30.6. The molecule has 0 saturated carbocycles. The molecule has 2 heterocycles. The third kappa shape index (κ3) is 3.98. The Bertz CT molecular complexity index is 2610. The van der Waals surface area contributed by atoms with Gasteiger partial charge in [0, 0.05) is 27.5 Å². The van der Waals surface area contributed by atoms with Crippen LogP contribution in [0.1, 0.15) is 0 Å². The van der Waals surface area contributed by atoms with Crippen LogP contribution >= 0.6 is 0 Å². The molecular formula is C43H27N3. The van der Waals surface area contributed by atoms with E-state index in [-0.39, 0.29) is 0 Å². The Morgan fingerprint density at radius 3 is 1.30 bits per heavy atom. The van der Waals surface area contributed by atoms with Gasteiger partial charge in [0.1, 0.15) is 0 Å². The van der Waals surface area contributed by atoms with Gasteiger partial charge in [0.2, 0.25) is 0 Å². The molecule has 3 heteroatoms. The maximum Gasteiger partial charge on any atom is 0.188 e. The summed E-state index contributed by atoms with van der Waals surface area (Å²) in [6.45, 7) is 7.55. The number of benzene rings is 7. The highest BCUT2D eigenvalue weighted by molar-refractivity contribution is 6.11. The fraction of sp³-hybridized carbons (Fsp3) is 0. The molecule has 7 aromatic carbocycles. The largest absolute Gasteiger partial charge is 0.309 e. The van der Waals surface area contributed by atoms with E-state index in [0.29, 0.717) is 5.69 Å². The number of rotatable bonds is 4. The summed E-state index contributed by atoms with van der Waals surface area (Å²) in [5, 5.41) is 4.76. The van der Waals surface area contributed by atoms with E-state index in [1.54, 1.807) is 0 Å². The van der Waals surface area contributed by atoms with Crippen LogP contribution in [0.25, 0.3) is 82.1 Å². The number of nitrogens with zero attached hydrogens (tertiary/aromatic N) is 3. The van der Waals surface area contributed by atoms with E-state index in [1.165, 1.54) is 38.5 Å². The van der Waals surface area contributed by atoms with Crippen molar-refractivity contribution in [2.24, 2.45) is 0 Å². The first-order valence-electron chi connectivity index (χ1n) is 15.5. The Morgan fingerprint density at radius 1 is 0.370 bits per heavy atom. The first-order valence-corrected chi connectivity index (χ1v) is 15.5. The van der Waals surface area contributed by atoms with Gasteiger partial charge in [0.25, 0.3) is 0 Å². The van der Waals surface area contributed by atoms with Crippen molar-refractivity contribution in [1.29, 1.82) is 0 Å². The lowest BCUT2D eigenvalue weighted by atomic mass is 9.94. The summed E-state index contributed by atoms with van der Waals surface area (Å²) in [4.78, 5) is 3.69. The van der Waals surface area contributed by atoms with Crippen molar-refractivity contribution < 1.29 is 0 Å². The number of aromatic nitrogens is 2. The van der Waals surface area contributed by atoms with Crippen LogP contribution in [0.4, 0.5) is 5.69 Å². The summed E-state index contributed by atoms with van der Waals surface area (Å²) >= 11 is 0. The minimum Gasteiger partial charge on any atom is -0.309 e. The van der Waals surface area contributed by atoms with Gasteiger partial charge in [-0.05, 0) is 82.2 Å². The minimum atomic E-state index is 0.654. The molecule has 3 nitrogen and oxygen atoms in total. The standard InChI is InChI=1S/C43H27N3/c1-44-31-24-25-43-39(28-31)38-20-6-9-23-42(38)46(43)33-15-11-13-30(27-33)35-17-3-2-16-34(35)29-12-10-14-32(26-29)45-40-21-7-4-18-36(40)37-19-5-8-22-41(37)45/h2-28H. The fourth-order valence-corrected chi connectivity index (χ4v) is 7.12. The van der Waals surface area contributed by atoms with Gasteiger partial charge >= 0.3 is 0 Å². The van der Waals surface area contributed by atoms with Crippen LogP contribution in [0.15, 0.2) is 164 Å². The average Bonchev–Trinajstić information content (AvgIpc) is 3.64. The molecule has 46 heavy (non-hydrogen) atoms. The van der Waals surface area contributed by atoms with Gasteiger partial charge < -0.3 is 9.13 Å². The fourth-order valence-electron chi connectivity index (χ4n) is 7.12. The highest BCUT2D eigenvalue weighted by Crippen LogP contribution is 2.38. The molecule has 9 rings (SSSR count). The Kier molecular flexibility index (Phi) is 5.88. The molecule has 0 unspecified atom stereocenters. The second kappa shape index (κ2) is 10.4. The quantitative estimate of drug-likeness (QED) is 0.182. The highest BCUT2D eigenvalue weighted by Gasteiger charge is 2.16. The third-order valence-corrected chi connectivity index (χ3v) is 9.12. The molecule has 0 saturated heterocycles. The molecule has 0 radical (unpaired) electrons. The summed E-state index contributed by atoms with van der Waals surface area (Å²) in [5.41, 5.74) is 12.2. The van der Waals surface area contributed by atoms with Gasteiger partial charge in [-0.2, -0.15) is 0 Å². The van der Waals surface area contributed by atoms with Crippen LogP contribution in [0, 0.1) is 6.57 Å². The molecule has 0 spiro atoms. The summed E-state index contributed by atoms with van der Waals surface area (Å²) in [6.07, 6.45) is 0. The first-order chi connectivity index (χ1) is 22.8. The zero-order valence-electron chi connectivity index (χ0n) is 24.9. The molecule has 0 atom stereocenters. The summed E-state index contributed by atoms with van der Waals surface area (Å²) in [7, 11) is 0. The van der Waals surface area contributed by atoms with E-state index in [4.69, 9.17) is 6.57 Å². The van der Waals surface area contributed by atoms with Gasteiger partial charge in [-0.15, -0.1) is 0 Å². The second-order valence-electron chi connectivity index (χ2n) is 11.7. The molecule has 0 N–H and O–H groups in total. The number of fused-ring (bicyclic) bond motifs is 6. The van der Waals surface area contributed by atoms with Crippen LogP contribution in [0.5, 0.6) is 0 Å². The molecule has 2 aromatic heterocycles. The van der Waals surface area contributed by atoms with Crippen LogP contribution in [0.3, 0.4) is 0 Å². The van der Waals surface area contributed by atoms with E-state index in [9.17, 15) is 0 Å². The molecule has 214 valence electrons. The third-order valence-electron chi connectivity index (χ3n) is 9.12. The molecule has 9 aromatic rings. The lowest BCUT2D eigenvalue weighted by molar-refractivity contribution is 1.18. The van der Waals surface area contributed by atoms with Crippen molar-refractivity contribution in [1.82, 2.24) is 9.13 Å². The molecule has 0 fully saturated rings. The van der Waals surface area contributed by atoms with Gasteiger partial charge in [-0.1, -0.05) is 109 Å². The first kappa shape index (κ1) is 26.1. The van der Waals surface area contributed by atoms with E-state index in [1.807, 2.05) is 12.1 Å². The zero-order valence-corrected chi connectivity index (χ0v) is 24.9. The topological polar surface area (TPSA) is 14.2 Å². The predicted octanol–water partition coefficient (Wildman–Crippen LogP) is 11.8. The van der Waals surface area contributed by atoms with E-state index < -0.39 is 0 Å². The summed E-state index contributed by atoms with van der Waals surface area (Å²) < 4.78 is 4.69. The maximum atomic E-state index is 7.55. The van der Waals surface area contributed by atoms with Gasteiger partial charge in [0.15, 0.2) is 5.69 Å². The number of hydrogen-bond acceptors (Lipinski definition) is 0. The summed E-state index contributed by atoms with van der Waals surface area (Å²) in [6, 6.07) is 58.1. The van der Waals surface area contributed by atoms with Crippen LogP contribution in [-0.4, -0.2) is 9.13 Å². The van der Waals surface area contributed by atoms with Crippen molar-refractivity contribution in [3.05, 3.63) is 175 Å². The molecule has 0 aliphatic rings. The summed E-state index contributed by atoms with van der Waals surface area (Å²) in [5.74, 6) is 0. The van der Waals surface area contributed by atoms with Gasteiger partial charge in [-0.3, -0.25) is 0 Å². The molecular weight excluding hydrogens is 558 g/mol. The van der Waals surface area contributed by atoms with Crippen molar-refractivity contribution in [3.63, 3.8) is 0 Å². The average molecular weight is 586 g/mol.